The Labute approximate surface area is 121 Å². The number of thiocarbonyl (C=S) groups is 1. The summed E-state index contributed by atoms with van der Waals surface area (Å²) in [5.41, 5.74) is 0. The van der Waals surface area contributed by atoms with Gasteiger partial charge in [0.2, 0.25) is 0 Å². The summed E-state index contributed by atoms with van der Waals surface area (Å²) in [6.45, 7) is 0.305. The van der Waals surface area contributed by atoms with E-state index in [-0.39, 0.29) is 11.3 Å². The van der Waals surface area contributed by atoms with Crippen LogP contribution in [0.3, 0.4) is 0 Å². The van der Waals surface area contributed by atoms with Crippen LogP contribution in [0.1, 0.15) is 6.92 Å². The molecule has 0 spiro atoms. The van der Waals surface area contributed by atoms with Crippen molar-refractivity contribution in [2.24, 2.45) is 0 Å². The number of carbonyl (C=O) groups is 1. The third-order valence-corrected chi connectivity index (χ3v) is 3.01. The van der Waals surface area contributed by atoms with Crippen LogP contribution in [0.2, 0.25) is 0 Å². The first kappa shape index (κ1) is 17.4. The molecule has 10 heteroatoms. The molecule has 1 aliphatic rings. The second kappa shape index (κ2) is 7.98. The highest BCUT2D eigenvalue weighted by Gasteiger charge is 2.46. The van der Waals surface area contributed by atoms with E-state index in [1.807, 2.05) is 0 Å². The third kappa shape index (κ3) is 4.45. The van der Waals surface area contributed by atoms with Gasteiger partial charge in [-0.2, -0.15) is 0 Å². The van der Waals surface area contributed by atoms with Gasteiger partial charge >= 0.3 is 7.12 Å². The number of aliphatic hydroxyl groups is 4. The lowest BCUT2D eigenvalue weighted by Crippen LogP contribution is -2.45. The Morgan fingerprint density at radius 1 is 1.25 bits per heavy atom. The fourth-order valence-electron chi connectivity index (χ4n) is 1.76. The Morgan fingerprint density at radius 2 is 1.70 bits per heavy atom. The maximum Gasteiger partial charge on any atom is 0.478 e. The van der Waals surface area contributed by atoms with E-state index in [2.05, 4.69) is 17.5 Å². The van der Waals surface area contributed by atoms with Crippen molar-refractivity contribution < 1.29 is 34.5 Å². The highest BCUT2D eigenvalue weighted by molar-refractivity contribution is 7.82. The van der Waals surface area contributed by atoms with Crippen molar-refractivity contribution in [3.8, 4) is 0 Å². The normalized spacial score (nSPS) is 25.4. The molecule has 1 heterocycles. The van der Waals surface area contributed by atoms with Crippen molar-refractivity contribution in [1.82, 2.24) is 5.32 Å². The lowest BCUT2D eigenvalue weighted by Gasteiger charge is -2.24. The summed E-state index contributed by atoms with van der Waals surface area (Å²) in [4.78, 5) is 11.5. The zero-order chi connectivity index (χ0) is 15.3. The zero-order valence-electron chi connectivity index (χ0n) is 10.9. The molecule has 1 amide bonds. The van der Waals surface area contributed by atoms with Crippen molar-refractivity contribution in [2.45, 2.75) is 31.3 Å². The molecule has 4 atom stereocenters. The van der Waals surface area contributed by atoms with Gasteiger partial charge in [-0.3, -0.25) is 4.79 Å². The van der Waals surface area contributed by atoms with Crippen LogP contribution in [-0.2, 0) is 14.1 Å². The predicted octanol–water partition coefficient (Wildman–Crippen LogP) is -2.99. The molecule has 1 saturated heterocycles. The Morgan fingerprint density at radius 3 is 2.05 bits per heavy atom. The molecule has 0 aromatic rings. The molecule has 114 valence electrons. The molecule has 0 aromatic carbocycles. The molecule has 20 heavy (non-hydrogen) atoms. The van der Waals surface area contributed by atoms with Crippen LogP contribution in [0.4, 0.5) is 0 Å². The maximum atomic E-state index is 11.3. The van der Waals surface area contributed by atoms with Crippen LogP contribution < -0.4 is 5.32 Å². The molecular weight excluding hydrogens is 289 g/mol. The molecule has 5 N–H and O–H groups in total. The fraction of sp³-hybridized carbons (Fsp3) is 0.800. The van der Waals surface area contributed by atoms with Crippen molar-refractivity contribution in [1.29, 1.82) is 0 Å². The first-order valence-electron chi connectivity index (χ1n) is 6.08. The van der Waals surface area contributed by atoms with Crippen molar-refractivity contribution in [3.63, 3.8) is 0 Å². The molecule has 0 aliphatic carbocycles. The van der Waals surface area contributed by atoms with Crippen molar-refractivity contribution >= 4 is 30.1 Å². The van der Waals surface area contributed by atoms with Crippen molar-refractivity contribution in [2.75, 3.05) is 19.7 Å². The predicted molar refractivity (Wildman–Crippen MR) is 73.0 cm³/mol. The van der Waals surface area contributed by atoms with E-state index in [9.17, 15) is 15.0 Å². The molecule has 8 nitrogen and oxygen atoms in total. The summed E-state index contributed by atoms with van der Waals surface area (Å²) in [7, 11) is -0.911. The van der Waals surface area contributed by atoms with Gasteiger partial charge in [-0.05, 0) is 6.92 Å². The van der Waals surface area contributed by atoms with Crippen molar-refractivity contribution in [3.05, 3.63) is 0 Å². The summed E-state index contributed by atoms with van der Waals surface area (Å²) >= 11 is 4.69. The second-order valence-electron chi connectivity index (χ2n) is 4.40. The van der Waals surface area contributed by atoms with Gasteiger partial charge in [0.05, 0.1) is 36.7 Å². The topological polar surface area (TPSA) is 128 Å². The van der Waals surface area contributed by atoms with Crippen LogP contribution >= 0.6 is 12.2 Å². The van der Waals surface area contributed by atoms with Crippen LogP contribution in [0.5, 0.6) is 0 Å². The average Bonchev–Trinajstić information content (AvgIpc) is 2.86. The Balaban J connectivity index is 2.60. The highest BCUT2D eigenvalue weighted by atomic mass is 32.1. The summed E-state index contributed by atoms with van der Waals surface area (Å²) in [6, 6.07) is 0. The largest absolute Gasteiger partial charge is 0.478 e. The van der Waals surface area contributed by atoms with Gasteiger partial charge in [0.1, 0.15) is 12.2 Å². The molecule has 0 aromatic heterocycles. The average molecular weight is 307 g/mol. The molecular formula is C10H18BNO7S. The fourth-order valence-corrected chi connectivity index (χ4v) is 1.83. The van der Waals surface area contributed by atoms with Crippen LogP contribution in [0, 0.1) is 0 Å². The lowest BCUT2D eigenvalue weighted by atomic mass is 9.91. The SMILES string of the molecule is CC(=S)C(=O)NCB1OC(C(O)CO)C(C(O)CO)O1. The van der Waals surface area contributed by atoms with Crippen LogP contribution in [0.15, 0.2) is 0 Å². The maximum absolute atomic E-state index is 11.3. The Bertz CT molecular complexity index is 340. The smallest absolute Gasteiger partial charge is 0.402 e. The minimum absolute atomic E-state index is 0.0316. The monoisotopic (exact) mass is 307 g/mol. The molecule has 0 bridgehead atoms. The lowest BCUT2D eigenvalue weighted by molar-refractivity contribution is -0.114. The summed E-state index contributed by atoms with van der Waals surface area (Å²) in [5.74, 6) is -0.447. The van der Waals surface area contributed by atoms with E-state index < -0.39 is 50.7 Å². The zero-order valence-corrected chi connectivity index (χ0v) is 11.7. The molecule has 1 fully saturated rings. The van der Waals surface area contributed by atoms with Gasteiger partial charge in [-0.1, -0.05) is 12.2 Å². The number of carbonyl (C=O) groups excluding carboxylic acids is 1. The number of hydrogen-bond donors (Lipinski definition) is 5. The minimum atomic E-state index is -1.27. The highest BCUT2D eigenvalue weighted by Crippen LogP contribution is 2.22. The third-order valence-electron chi connectivity index (χ3n) is 2.82. The molecule has 1 rings (SSSR count). The standard InChI is InChI=1S/C10H18BNO7S/c1-5(20)10(17)12-4-11-18-8(6(15)2-13)9(19-11)7(16)3-14/h6-9,13-16H,2-4H2,1H3,(H,12,17). The molecule has 1 aliphatic heterocycles. The minimum Gasteiger partial charge on any atom is -0.402 e. The van der Waals surface area contributed by atoms with Crippen LogP contribution in [0.25, 0.3) is 0 Å². The van der Waals surface area contributed by atoms with E-state index >= 15 is 0 Å². The van der Waals surface area contributed by atoms with E-state index in [1.165, 1.54) is 6.92 Å². The number of hydrogen-bond acceptors (Lipinski definition) is 8. The van der Waals surface area contributed by atoms with Gasteiger partial charge in [-0.15, -0.1) is 0 Å². The molecule has 0 saturated carbocycles. The first-order chi connectivity index (χ1) is 9.40. The summed E-state index contributed by atoms with van der Waals surface area (Å²) in [6.07, 6.45) is -4.57. The Hall–Kier alpha value is -0.615. The Kier molecular flexibility index (Phi) is 6.96. The van der Waals surface area contributed by atoms with Crippen LogP contribution in [-0.4, -0.2) is 82.4 Å². The van der Waals surface area contributed by atoms with Gasteiger partial charge in [0.15, 0.2) is 0 Å². The number of rotatable bonds is 7. The second-order valence-corrected chi connectivity index (χ2v) is 5.01. The summed E-state index contributed by atoms with van der Waals surface area (Å²) in [5, 5.41) is 39.5. The van der Waals surface area contributed by atoms with E-state index in [4.69, 9.17) is 19.5 Å². The van der Waals surface area contributed by atoms with E-state index in [0.29, 0.717) is 0 Å². The first-order valence-corrected chi connectivity index (χ1v) is 6.49. The van der Waals surface area contributed by atoms with Gasteiger partial charge < -0.3 is 35.1 Å². The summed E-state index contributed by atoms with van der Waals surface area (Å²) < 4.78 is 10.6. The van der Waals surface area contributed by atoms with E-state index in [0.717, 1.165) is 0 Å². The van der Waals surface area contributed by atoms with Gasteiger partial charge in [0, 0.05) is 0 Å². The molecule has 4 unspecified atom stereocenters. The quantitative estimate of drug-likeness (QED) is 0.249. The number of aliphatic hydroxyl groups excluding tert-OH is 4. The number of amides is 1. The van der Waals surface area contributed by atoms with E-state index in [1.54, 1.807) is 0 Å². The van der Waals surface area contributed by atoms with Gasteiger partial charge in [-0.25, -0.2) is 0 Å². The van der Waals surface area contributed by atoms with Gasteiger partial charge in [0.25, 0.3) is 5.91 Å². The molecule has 0 radical (unpaired) electrons. The number of nitrogens with one attached hydrogen (secondary N) is 1.